The molecule has 4 rings (SSSR count). The van der Waals surface area contributed by atoms with Gasteiger partial charge in [0, 0.05) is 17.6 Å². The molecule has 32 heavy (non-hydrogen) atoms. The molecule has 2 amide bonds. The molecule has 1 N–H and O–H groups in total. The average molecular weight is 452 g/mol. The lowest BCUT2D eigenvalue weighted by atomic mass is 10.2. The maximum absolute atomic E-state index is 12.8. The molecule has 1 aliphatic heterocycles. The second-order valence-corrected chi connectivity index (χ2v) is 7.68. The summed E-state index contributed by atoms with van der Waals surface area (Å²) in [5.74, 6) is -1.95. The number of ether oxygens (including phenoxy) is 1. The second kappa shape index (κ2) is 8.60. The number of esters is 1. The highest BCUT2D eigenvalue weighted by Gasteiger charge is 2.36. The first-order chi connectivity index (χ1) is 15.4. The van der Waals surface area contributed by atoms with Gasteiger partial charge in [-0.25, -0.2) is 9.59 Å². The highest BCUT2D eigenvalue weighted by molar-refractivity contribution is 8.18. The first kappa shape index (κ1) is 21.2. The molecule has 1 aromatic carbocycles. The van der Waals surface area contributed by atoms with E-state index in [0.29, 0.717) is 11.4 Å². The van der Waals surface area contributed by atoms with Gasteiger partial charge in [-0.3, -0.25) is 14.5 Å². The van der Waals surface area contributed by atoms with Gasteiger partial charge in [-0.05, 0) is 60.3 Å². The van der Waals surface area contributed by atoms with E-state index in [1.165, 1.54) is 31.4 Å². The number of hydrogen-bond acceptors (Lipinski definition) is 7. The summed E-state index contributed by atoms with van der Waals surface area (Å²) in [6.07, 6.45) is 3.30. The van der Waals surface area contributed by atoms with E-state index in [-0.39, 0.29) is 28.5 Å². The van der Waals surface area contributed by atoms with Crippen LogP contribution in [0.4, 0.5) is 4.79 Å². The molecule has 0 radical (unpaired) electrons. The maximum atomic E-state index is 12.8. The van der Waals surface area contributed by atoms with Gasteiger partial charge >= 0.3 is 11.9 Å². The van der Waals surface area contributed by atoms with Crippen LogP contribution >= 0.6 is 11.8 Å². The SMILES string of the molecule is COC(=O)c1ccc(CN2C(=O)S/C(=C\c3cccn3-c3cccc(C(=O)O)c3)C2=O)o1. The predicted molar refractivity (Wildman–Crippen MR) is 114 cm³/mol. The predicted octanol–water partition coefficient (Wildman–Crippen LogP) is 3.79. The van der Waals surface area contributed by atoms with Crippen LogP contribution in [0.5, 0.6) is 0 Å². The largest absolute Gasteiger partial charge is 0.478 e. The Morgan fingerprint density at radius 2 is 1.97 bits per heavy atom. The van der Waals surface area contributed by atoms with Crippen LogP contribution in [-0.2, 0) is 16.1 Å². The Labute approximate surface area is 185 Å². The molecule has 3 aromatic rings. The molecule has 2 aromatic heterocycles. The smallest absolute Gasteiger partial charge is 0.373 e. The Bertz CT molecular complexity index is 1270. The minimum atomic E-state index is -1.05. The molecule has 0 unspecified atom stereocenters. The Morgan fingerprint density at radius 1 is 1.16 bits per heavy atom. The number of carboxylic acid groups (broad SMARTS) is 1. The van der Waals surface area contributed by atoms with Crippen LogP contribution < -0.4 is 0 Å². The minimum absolute atomic E-state index is 0.0218. The van der Waals surface area contributed by atoms with Gasteiger partial charge in [0.05, 0.1) is 24.1 Å². The van der Waals surface area contributed by atoms with Crippen LogP contribution in [0.3, 0.4) is 0 Å². The molecule has 9 nitrogen and oxygen atoms in total. The zero-order valence-electron chi connectivity index (χ0n) is 16.7. The van der Waals surface area contributed by atoms with Crippen molar-refractivity contribution in [3.05, 3.63) is 82.4 Å². The number of amides is 2. The molecule has 1 saturated heterocycles. The molecule has 3 heterocycles. The first-order valence-corrected chi connectivity index (χ1v) is 10.1. The fourth-order valence-corrected chi connectivity index (χ4v) is 3.96. The summed E-state index contributed by atoms with van der Waals surface area (Å²) in [5, 5.41) is 8.75. The fraction of sp³-hybridized carbons (Fsp3) is 0.0909. The molecule has 0 saturated carbocycles. The highest BCUT2D eigenvalue weighted by Crippen LogP contribution is 2.34. The Balaban J connectivity index is 1.57. The van der Waals surface area contributed by atoms with E-state index in [2.05, 4.69) is 4.74 Å². The molecule has 162 valence electrons. The summed E-state index contributed by atoms with van der Waals surface area (Å²) in [6.45, 7) is -0.124. The van der Waals surface area contributed by atoms with Crippen molar-refractivity contribution < 1.29 is 33.4 Å². The van der Waals surface area contributed by atoms with Crippen LogP contribution in [0.15, 0.2) is 64.1 Å². The van der Waals surface area contributed by atoms with Gasteiger partial charge in [-0.1, -0.05) is 6.07 Å². The molecule has 0 bridgehead atoms. The topological polar surface area (TPSA) is 119 Å². The van der Waals surface area contributed by atoms with E-state index in [9.17, 15) is 24.3 Å². The van der Waals surface area contributed by atoms with E-state index in [1.807, 2.05) is 0 Å². The third-order valence-electron chi connectivity index (χ3n) is 4.67. The van der Waals surface area contributed by atoms with Gasteiger partial charge in [0.1, 0.15) is 5.76 Å². The lowest BCUT2D eigenvalue weighted by Crippen LogP contribution is -2.27. The van der Waals surface area contributed by atoms with Crippen molar-refractivity contribution in [2.24, 2.45) is 0 Å². The maximum Gasteiger partial charge on any atom is 0.373 e. The Kier molecular flexibility index (Phi) is 5.69. The van der Waals surface area contributed by atoms with Crippen molar-refractivity contribution in [1.29, 1.82) is 0 Å². The summed E-state index contributed by atoms with van der Waals surface area (Å²) in [6, 6.07) is 12.8. The number of aromatic nitrogens is 1. The number of nitrogens with zero attached hydrogens (tertiary/aromatic N) is 2. The lowest BCUT2D eigenvalue weighted by Gasteiger charge is -2.10. The molecule has 1 fully saturated rings. The van der Waals surface area contributed by atoms with Gasteiger partial charge in [0.2, 0.25) is 5.76 Å². The molecule has 10 heteroatoms. The highest BCUT2D eigenvalue weighted by atomic mass is 32.2. The number of furan rings is 1. The van der Waals surface area contributed by atoms with Gasteiger partial charge in [0.25, 0.3) is 11.1 Å². The summed E-state index contributed by atoms with van der Waals surface area (Å²) in [4.78, 5) is 49.3. The number of imide groups is 1. The number of aromatic carboxylic acids is 1. The third-order valence-corrected chi connectivity index (χ3v) is 5.57. The number of thioether (sulfide) groups is 1. The average Bonchev–Trinajstić information content (AvgIpc) is 3.50. The third kappa shape index (κ3) is 4.08. The zero-order chi connectivity index (χ0) is 22.8. The standard InChI is InChI=1S/C22H16N2O7S/c1-30-21(28)17-8-7-16(31-17)12-24-19(25)18(32-22(24)29)11-15-6-3-9-23(15)14-5-2-4-13(10-14)20(26)27/h2-11H,12H2,1H3,(H,26,27)/b18-11-. The number of benzene rings is 1. The van der Waals surface area contributed by atoms with E-state index in [1.54, 1.807) is 41.1 Å². The van der Waals surface area contributed by atoms with Crippen molar-refractivity contribution in [2.75, 3.05) is 7.11 Å². The van der Waals surface area contributed by atoms with Crippen molar-refractivity contribution in [3.8, 4) is 5.69 Å². The fourth-order valence-electron chi connectivity index (χ4n) is 3.14. The summed E-state index contributed by atoms with van der Waals surface area (Å²) < 4.78 is 11.6. The van der Waals surface area contributed by atoms with E-state index >= 15 is 0 Å². The Hall–Kier alpha value is -4.05. The van der Waals surface area contributed by atoms with Gasteiger partial charge < -0.3 is 18.8 Å². The first-order valence-electron chi connectivity index (χ1n) is 9.31. The van der Waals surface area contributed by atoms with Crippen LogP contribution in [0.2, 0.25) is 0 Å². The van der Waals surface area contributed by atoms with Crippen LogP contribution in [0, 0.1) is 0 Å². The Morgan fingerprint density at radius 3 is 2.72 bits per heavy atom. The van der Waals surface area contributed by atoms with Crippen molar-refractivity contribution >= 4 is 40.9 Å². The normalized spacial score (nSPS) is 14.9. The summed E-state index contributed by atoms with van der Waals surface area (Å²) in [7, 11) is 1.22. The van der Waals surface area contributed by atoms with Crippen LogP contribution in [0.25, 0.3) is 11.8 Å². The van der Waals surface area contributed by atoms with E-state index in [0.717, 1.165) is 16.7 Å². The molecule has 0 aliphatic carbocycles. The second-order valence-electron chi connectivity index (χ2n) is 6.68. The van der Waals surface area contributed by atoms with Crippen LogP contribution in [0.1, 0.15) is 32.4 Å². The number of carbonyl (C=O) groups excluding carboxylic acids is 3. The molecule has 0 spiro atoms. The number of hydrogen-bond donors (Lipinski definition) is 1. The van der Waals surface area contributed by atoms with Gasteiger partial charge in [-0.2, -0.15) is 0 Å². The molecular weight excluding hydrogens is 436 g/mol. The van der Waals surface area contributed by atoms with E-state index < -0.39 is 23.1 Å². The van der Waals surface area contributed by atoms with Gasteiger partial charge in [0.15, 0.2) is 0 Å². The number of carbonyl (C=O) groups is 4. The summed E-state index contributed by atoms with van der Waals surface area (Å²) in [5.41, 5.74) is 1.34. The van der Waals surface area contributed by atoms with Crippen molar-refractivity contribution in [3.63, 3.8) is 0 Å². The quantitative estimate of drug-likeness (QED) is 0.443. The van der Waals surface area contributed by atoms with Crippen molar-refractivity contribution in [1.82, 2.24) is 9.47 Å². The number of rotatable bonds is 6. The molecule has 1 aliphatic rings. The van der Waals surface area contributed by atoms with E-state index in [4.69, 9.17) is 4.42 Å². The minimum Gasteiger partial charge on any atom is -0.478 e. The molecular formula is C22H16N2O7S. The molecule has 0 atom stereocenters. The van der Waals surface area contributed by atoms with Crippen molar-refractivity contribution in [2.45, 2.75) is 6.54 Å². The zero-order valence-corrected chi connectivity index (χ0v) is 17.5. The number of carboxylic acids is 1. The van der Waals surface area contributed by atoms with Crippen LogP contribution in [-0.4, -0.2) is 44.8 Å². The van der Waals surface area contributed by atoms with Gasteiger partial charge in [-0.15, -0.1) is 0 Å². The number of methoxy groups -OCH3 is 1. The monoisotopic (exact) mass is 452 g/mol. The summed E-state index contributed by atoms with van der Waals surface area (Å²) >= 11 is 0.787. The lowest BCUT2D eigenvalue weighted by molar-refractivity contribution is -0.123.